The lowest BCUT2D eigenvalue weighted by molar-refractivity contribution is -0.132. The van der Waals surface area contributed by atoms with Gasteiger partial charge in [0.25, 0.3) is 0 Å². The van der Waals surface area contributed by atoms with E-state index in [1.54, 1.807) is 17.0 Å². The van der Waals surface area contributed by atoms with Gasteiger partial charge in [0.05, 0.1) is 11.4 Å². The summed E-state index contributed by atoms with van der Waals surface area (Å²) in [5.74, 6) is 0.747. The van der Waals surface area contributed by atoms with Crippen LogP contribution in [0.5, 0.6) is 0 Å². The van der Waals surface area contributed by atoms with Gasteiger partial charge in [0.2, 0.25) is 15.9 Å². The number of rotatable bonds is 4. The van der Waals surface area contributed by atoms with Crippen molar-refractivity contribution in [1.82, 2.24) is 9.62 Å². The lowest BCUT2D eigenvalue weighted by Crippen LogP contribution is -2.46. The summed E-state index contributed by atoms with van der Waals surface area (Å²) >= 11 is 0. The molecule has 0 aliphatic carbocycles. The minimum absolute atomic E-state index is 0.0344. The predicted octanol–water partition coefficient (Wildman–Crippen LogP) is 2.77. The van der Waals surface area contributed by atoms with E-state index in [1.165, 1.54) is 0 Å². The topological polar surface area (TPSA) is 66.5 Å². The first-order valence-electron chi connectivity index (χ1n) is 8.87. The highest BCUT2D eigenvalue weighted by molar-refractivity contribution is 7.89. The quantitative estimate of drug-likeness (QED) is 0.891. The number of carbonyl (C=O) groups is 1. The van der Waals surface area contributed by atoms with Gasteiger partial charge in [0, 0.05) is 13.1 Å². The predicted molar refractivity (Wildman–Crippen MR) is 99.9 cm³/mol. The molecule has 2 rings (SSSR count). The van der Waals surface area contributed by atoms with E-state index in [0.717, 1.165) is 12.0 Å². The van der Waals surface area contributed by atoms with Crippen LogP contribution in [0, 0.1) is 11.8 Å². The lowest BCUT2D eigenvalue weighted by Gasteiger charge is -2.35. The van der Waals surface area contributed by atoms with E-state index >= 15 is 0 Å². The number of piperidine rings is 1. The van der Waals surface area contributed by atoms with E-state index in [9.17, 15) is 13.2 Å². The molecule has 2 atom stereocenters. The lowest BCUT2D eigenvalue weighted by atomic mass is 9.87. The highest BCUT2D eigenvalue weighted by atomic mass is 32.2. The van der Waals surface area contributed by atoms with Crippen LogP contribution in [0.2, 0.25) is 0 Å². The minimum atomic E-state index is -3.68. The first-order valence-corrected chi connectivity index (χ1v) is 10.4. The Kier molecular flexibility index (Phi) is 5.94. The van der Waals surface area contributed by atoms with Gasteiger partial charge >= 0.3 is 0 Å². The van der Waals surface area contributed by atoms with Crippen LogP contribution in [0.4, 0.5) is 0 Å². The van der Waals surface area contributed by atoms with E-state index in [0.29, 0.717) is 24.9 Å². The number of amides is 1. The van der Waals surface area contributed by atoms with Crippen molar-refractivity contribution in [2.75, 3.05) is 19.6 Å². The summed E-state index contributed by atoms with van der Waals surface area (Å²) in [6, 6.07) is 6.84. The standard InChI is InChI=1S/C19H30N2O3S/c1-14-10-15(2)13-21(12-14)18(22)11-20-25(23,24)17-8-6-16(7-9-17)19(3,4)5/h6-9,14-15,20H,10-13H2,1-5H3/t14-,15+. The van der Waals surface area contributed by atoms with Gasteiger partial charge in [-0.1, -0.05) is 46.8 Å². The highest BCUT2D eigenvalue weighted by Crippen LogP contribution is 2.23. The summed E-state index contributed by atoms with van der Waals surface area (Å²) in [6.45, 7) is 11.7. The Bertz CT molecular complexity index is 695. The van der Waals surface area contributed by atoms with Crippen molar-refractivity contribution >= 4 is 15.9 Å². The number of sulfonamides is 1. The van der Waals surface area contributed by atoms with Crippen LogP contribution in [0.3, 0.4) is 0 Å². The van der Waals surface area contributed by atoms with Crippen LogP contribution < -0.4 is 4.72 Å². The number of hydrogen-bond acceptors (Lipinski definition) is 3. The second-order valence-electron chi connectivity index (χ2n) is 8.34. The fourth-order valence-electron chi connectivity index (χ4n) is 3.35. The zero-order valence-electron chi connectivity index (χ0n) is 15.9. The maximum Gasteiger partial charge on any atom is 0.241 e. The zero-order chi connectivity index (χ0) is 18.8. The average Bonchev–Trinajstić information content (AvgIpc) is 2.51. The highest BCUT2D eigenvalue weighted by Gasteiger charge is 2.26. The molecule has 0 radical (unpaired) electrons. The third-order valence-corrected chi connectivity index (χ3v) is 6.08. The number of nitrogens with zero attached hydrogens (tertiary/aromatic N) is 1. The third kappa shape index (κ3) is 5.28. The summed E-state index contributed by atoms with van der Waals surface area (Å²) in [5, 5.41) is 0. The van der Waals surface area contributed by atoms with Crippen molar-refractivity contribution in [1.29, 1.82) is 0 Å². The molecule has 1 aliphatic heterocycles. The van der Waals surface area contributed by atoms with Gasteiger partial charge in [0.1, 0.15) is 0 Å². The molecule has 25 heavy (non-hydrogen) atoms. The van der Waals surface area contributed by atoms with Crippen molar-refractivity contribution in [3.63, 3.8) is 0 Å². The molecular weight excluding hydrogens is 336 g/mol. The van der Waals surface area contributed by atoms with Gasteiger partial charge < -0.3 is 4.90 Å². The van der Waals surface area contributed by atoms with Crippen LogP contribution in [0.15, 0.2) is 29.2 Å². The van der Waals surface area contributed by atoms with Crippen LogP contribution >= 0.6 is 0 Å². The Morgan fingerprint density at radius 2 is 1.64 bits per heavy atom. The molecular formula is C19H30N2O3S. The molecule has 5 nitrogen and oxygen atoms in total. The van der Waals surface area contributed by atoms with Gasteiger partial charge in [-0.3, -0.25) is 4.79 Å². The summed E-state index contributed by atoms with van der Waals surface area (Å²) < 4.78 is 27.3. The van der Waals surface area contributed by atoms with Crippen molar-refractivity contribution in [3.05, 3.63) is 29.8 Å². The van der Waals surface area contributed by atoms with Crippen LogP contribution in [0.1, 0.15) is 46.6 Å². The van der Waals surface area contributed by atoms with Crippen molar-refractivity contribution in [3.8, 4) is 0 Å². The molecule has 1 heterocycles. The fourth-order valence-corrected chi connectivity index (χ4v) is 4.33. The van der Waals surface area contributed by atoms with Gasteiger partial charge in [-0.05, 0) is 41.4 Å². The van der Waals surface area contributed by atoms with Crippen LogP contribution in [0.25, 0.3) is 0 Å². The van der Waals surface area contributed by atoms with E-state index in [2.05, 4.69) is 39.3 Å². The fraction of sp³-hybridized carbons (Fsp3) is 0.632. The maximum atomic E-state index is 12.4. The van der Waals surface area contributed by atoms with Crippen LogP contribution in [-0.2, 0) is 20.2 Å². The maximum absolute atomic E-state index is 12.4. The van der Waals surface area contributed by atoms with E-state index in [1.807, 2.05) is 12.1 Å². The molecule has 1 saturated heterocycles. The van der Waals surface area contributed by atoms with Crippen molar-refractivity contribution in [2.24, 2.45) is 11.8 Å². The number of carbonyl (C=O) groups excluding carboxylic acids is 1. The first-order chi connectivity index (χ1) is 11.5. The third-order valence-electron chi connectivity index (χ3n) is 4.67. The Morgan fingerprint density at radius 1 is 1.12 bits per heavy atom. The first kappa shape index (κ1) is 19.9. The second-order valence-corrected chi connectivity index (χ2v) is 10.1. The molecule has 6 heteroatoms. The second kappa shape index (κ2) is 7.46. The summed E-state index contributed by atoms with van der Waals surface area (Å²) in [6.07, 6.45) is 1.11. The van der Waals surface area contributed by atoms with Gasteiger partial charge in [0.15, 0.2) is 0 Å². The molecule has 1 fully saturated rings. The normalized spacial score (nSPS) is 22.0. The molecule has 0 spiro atoms. The molecule has 1 aliphatic rings. The number of likely N-dealkylation sites (tertiary alicyclic amines) is 1. The molecule has 140 valence electrons. The number of nitrogens with one attached hydrogen (secondary N) is 1. The van der Waals surface area contributed by atoms with Crippen LogP contribution in [-0.4, -0.2) is 38.9 Å². The van der Waals surface area contributed by atoms with Gasteiger partial charge in [-0.25, -0.2) is 13.1 Å². The molecule has 1 N–H and O–H groups in total. The van der Waals surface area contributed by atoms with Crippen molar-refractivity contribution < 1.29 is 13.2 Å². The number of benzene rings is 1. The van der Waals surface area contributed by atoms with Gasteiger partial charge in [-0.15, -0.1) is 0 Å². The van der Waals surface area contributed by atoms with E-state index in [-0.39, 0.29) is 22.8 Å². The minimum Gasteiger partial charge on any atom is -0.341 e. The molecule has 0 saturated carbocycles. The Balaban J connectivity index is 2.00. The number of hydrogen-bond donors (Lipinski definition) is 1. The zero-order valence-corrected chi connectivity index (χ0v) is 16.7. The Hall–Kier alpha value is -1.40. The molecule has 0 aromatic heterocycles. The monoisotopic (exact) mass is 366 g/mol. The molecule has 0 unspecified atom stereocenters. The van der Waals surface area contributed by atoms with Crippen molar-refractivity contribution in [2.45, 2.75) is 51.3 Å². The summed E-state index contributed by atoms with van der Waals surface area (Å²) in [4.78, 5) is 14.3. The molecule has 1 aromatic rings. The Morgan fingerprint density at radius 3 is 2.12 bits per heavy atom. The molecule has 1 aromatic carbocycles. The van der Waals surface area contributed by atoms with E-state index in [4.69, 9.17) is 0 Å². The summed E-state index contributed by atoms with van der Waals surface area (Å²) in [7, 11) is -3.68. The SMILES string of the molecule is C[C@@H]1C[C@H](C)CN(C(=O)CNS(=O)(=O)c2ccc(C(C)(C)C)cc2)C1. The summed E-state index contributed by atoms with van der Waals surface area (Å²) in [5.41, 5.74) is 1.03. The Labute approximate surface area is 151 Å². The van der Waals surface area contributed by atoms with Gasteiger partial charge in [-0.2, -0.15) is 0 Å². The molecule has 1 amide bonds. The van der Waals surface area contributed by atoms with E-state index < -0.39 is 10.0 Å². The largest absolute Gasteiger partial charge is 0.341 e. The average molecular weight is 367 g/mol. The smallest absolute Gasteiger partial charge is 0.241 e. The molecule has 0 bridgehead atoms.